The molecule has 4 rings (SSSR count). The quantitative estimate of drug-likeness (QED) is 0.608. The van der Waals surface area contributed by atoms with Crippen LogP contribution in [0.15, 0.2) is 64.5 Å². The van der Waals surface area contributed by atoms with Crippen LogP contribution in [0.4, 0.5) is 20.3 Å². The summed E-state index contributed by atoms with van der Waals surface area (Å²) in [7, 11) is -3.75. The largest absolute Gasteiger partial charge is 0.355 e. The zero-order valence-corrected chi connectivity index (χ0v) is 18.6. The summed E-state index contributed by atoms with van der Waals surface area (Å²) < 4.78 is 51.9. The number of aromatic nitrogens is 2. The van der Waals surface area contributed by atoms with Gasteiger partial charge >= 0.3 is 0 Å². The van der Waals surface area contributed by atoms with Gasteiger partial charge in [0.2, 0.25) is 15.7 Å². The van der Waals surface area contributed by atoms with E-state index in [1.54, 1.807) is 18.2 Å². The molecule has 0 atom stereocenters. The molecule has 0 saturated carbocycles. The van der Waals surface area contributed by atoms with E-state index >= 15 is 0 Å². The molecule has 0 bridgehead atoms. The molecule has 1 amide bonds. The van der Waals surface area contributed by atoms with Crippen molar-refractivity contribution in [3.63, 3.8) is 0 Å². The van der Waals surface area contributed by atoms with Crippen LogP contribution >= 0.6 is 0 Å². The SMILES string of the molecule is Cc1ccc(S(=O)(=O)c2ccc(N3CCC(C(=O)Nc4ccc(F)c(F)c4)CC3)nn2)cc1. The van der Waals surface area contributed by atoms with Gasteiger partial charge < -0.3 is 10.2 Å². The number of anilines is 2. The summed E-state index contributed by atoms with van der Waals surface area (Å²) in [5.74, 6) is -2.01. The minimum absolute atomic E-state index is 0.129. The number of nitrogens with one attached hydrogen (secondary N) is 1. The normalized spacial score (nSPS) is 14.8. The van der Waals surface area contributed by atoms with Crippen LogP contribution in [-0.4, -0.2) is 37.6 Å². The van der Waals surface area contributed by atoms with E-state index in [1.165, 1.54) is 24.3 Å². The lowest BCUT2D eigenvalue weighted by atomic mass is 9.96. The molecule has 0 spiro atoms. The molecule has 172 valence electrons. The number of hydrogen-bond donors (Lipinski definition) is 1. The number of sulfone groups is 1. The van der Waals surface area contributed by atoms with Crippen LogP contribution in [0.3, 0.4) is 0 Å². The van der Waals surface area contributed by atoms with E-state index in [9.17, 15) is 22.0 Å². The Bertz CT molecular complexity index is 1260. The molecule has 1 saturated heterocycles. The monoisotopic (exact) mass is 472 g/mol. The Balaban J connectivity index is 1.37. The zero-order chi connectivity index (χ0) is 23.6. The molecule has 3 aromatic rings. The van der Waals surface area contributed by atoms with E-state index in [2.05, 4.69) is 15.5 Å². The number of aryl methyl sites for hydroxylation is 1. The number of carbonyl (C=O) groups is 1. The standard InChI is InChI=1S/C23H22F2N4O3S/c1-15-2-5-18(6-3-15)33(31,32)22-9-8-21(27-28-22)29-12-10-16(11-13-29)23(30)26-17-4-7-19(24)20(25)14-17/h2-9,14,16H,10-13H2,1H3,(H,26,30). The molecule has 1 aromatic heterocycles. The first-order valence-corrected chi connectivity index (χ1v) is 11.9. The van der Waals surface area contributed by atoms with Crippen molar-refractivity contribution in [2.45, 2.75) is 29.7 Å². The lowest BCUT2D eigenvalue weighted by Crippen LogP contribution is -2.38. The third-order valence-corrected chi connectivity index (χ3v) is 7.27. The summed E-state index contributed by atoms with van der Waals surface area (Å²) in [4.78, 5) is 14.6. The Morgan fingerprint density at radius 1 is 0.970 bits per heavy atom. The van der Waals surface area contributed by atoms with Crippen molar-refractivity contribution in [1.82, 2.24) is 10.2 Å². The van der Waals surface area contributed by atoms with Crippen molar-refractivity contribution >= 4 is 27.2 Å². The predicted molar refractivity (Wildman–Crippen MR) is 119 cm³/mol. The van der Waals surface area contributed by atoms with Crippen LogP contribution < -0.4 is 10.2 Å². The highest BCUT2D eigenvalue weighted by atomic mass is 32.2. The van der Waals surface area contributed by atoms with Gasteiger partial charge in [-0.2, -0.15) is 0 Å². The minimum atomic E-state index is -3.75. The second-order valence-corrected chi connectivity index (χ2v) is 9.82. The predicted octanol–water partition coefficient (Wildman–Crippen LogP) is 3.75. The van der Waals surface area contributed by atoms with E-state index in [0.717, 1.165) is 17.7 Å². The highest BCUT2D eigenvalue weighted by Crippen LogP contribution is 2.25. The van der Waals surface area contributed by atoms with Crippen molar-refractivity contribution in [3.8, 4) is 0 Å². The Morgan fingerprint density at radius 3 is 2.27 bits per heavy atom. The van der Waals surface area contributed by atoms with Crippen LogP contribution in [0, 0.1) is 24.5 Å². The molecule has 2 aromatic carbocycles. The summed E-state index contributed by atoms with van der Waals surface area (Å²) in [6.07, 6.45) is 1.06. The van der Waals surface area contributed by atoms with Crippen LogP contribution in [-0.2, 0) is 14.6 Å². The van der Waals surface area contributed by atoms with E-state index in [0.29, 0.717) is 31.7 Å². The number of benzene rings is 2. The summed E-state index contributed by atoms with van der Waals surface area (Å²) in [5, 5.41) is 10.5. The van der Waals surface area contributed by atoms with Crippen molar-refractivity contribution in [3.05, 3.63) is 71.8 Å². The number of piperidine rings is 1. The second-order valence-electron chi connectivity index (χ2n) is 7.93. The maximum atomic E-state index is 13.3. The molecular formula is C23H22F2N4O3S. The zero-order valence-electron chi connectivity index (χ0n) is 17.8. The number of halogens is 2. The average molecular weight is 473 g/mol. The summed E-state index contributed by atoms with van der Waals surface area (Å²) in [6, 6.07) is 12.8. The van der Waals surface area contributed by atoms with E-state index in [-0.39, 0.29) is 27.4 Å². The van der Waals surface area contributed by atoms with E-state index < -0.39 is 21.5 Å². The molecule has 2 heterocycles. The molecule has 1 aliphatic heterocycles. The van der Waals surface area contributed by atoms with Crippen LogP contribution in [0.5, 0.6) is 0 Å². The number of carbonyl (C=O) groups excluding carboxylic acids is 1. The molecule has 10 heteroatoms. The fourth-order valence-electron chi connectivity index (χ4n) is 3.65. The van der Waals surface area contributed by atoms with Crippen LogP contribution in [0.1, 0.15) is 18.4 Å². The maximum Gasteiger partial charge on any atom is 0.227 e. The first-order valence-electron chi connectivity index (χ1n) is 10.4. The van der Waals surface area contributed by atoms with Gasteiger partial charge in [-0.1, -0.05) is 17.7 Å². The number of rotatable bonds is 5. The van der Waals surface area contributed by atoms with Crippen molar-refractivity contribution in [2.24, 2.45) is 5.92 Å². The smallest absolute Gasteiger partial charge is 0.227 e. The Morgan fingerprint density at radius 2 is 1.67 bits per heavy atom. The average Bonchev–Trinajstić information content (AvgIpc) is 2.82. The molecular weight excluding hydrogens is 450 g/mol. The van der Waals surface area contributed by atoms with Crippen LogP contribution in [0.2, 0.25) is 0 Å². The highest BCUT2D eigenvalue weighted by molar-refractivity contribution is 7.91. The third kappa shape index (κ3) is 5.00. The Labute approximate surface area is 190 Å². The molecule has 33 heavy (non-hydrogen) atoms. The number of amides is 1. The molecule has 7 nitrogen and oxygen atoms in total. The Kier molecular flexibility index (Phi) is 6.37. The van der Waals surface area contributed by atoms with Crippen LogP contribution in [0.25, 0.3) is 0 Å². The molecule has 1 fully saturated rings. The van der Waals surface area contributed by atoms with E-state index in [1.807, 2.05) is 11.8 Å². The molecule has 0 aliphatic carbocycles. The lowest BCUT2D eigenvalue weighted by Gasteiger charge is -2.31. The number of nitrogens with zero attached hydrogens (tertiary/aromatic N) is 3. The third-order valence-electron chi connectivity index (χ3n) is 5.61. The minimum Gasteiger partial charge on any atom is -0.355 e. The fourth-order valence-corrected chi connectivity index (χ4v) is 4.78. The van der Waals surface area contributed by atoms with E-state index in [4.69, 9.17) is 0 Å². The van der Waals surface area contributed by atoms with Gasteiger partial charge in [0.15, 0.2) is 22.5 Å². The van der Waals surface area contributed by atoms with Gasteiger partial charge in [0.05, 0.1) is 4.90 Å². The topological polar surface area (TPSA) is 92.3 Å². The van der Waals surface area contributed by atoms with Gasteiger partial charge in [0, 0.05) is 30.8 Å². The molecule has 0 radical (unpaired) electrons. The fraction of sp³-hybridized carbons (Fsp3) is 0.261. The maximum absolute atomic E-state index is 13.3. The van der Waals surface area contributed by atoms with Gasteiger partial charge in [-0.3, -0.25) is 4.79 Å². The summed E-state index contributed by atoms with van der Waals surface area (Å²) >= 11 is 0. The first-order chi connectivity index (χ1) is 15.7. The van der Waals surface area contributed by atoms with Gasteiger partial charge in [0.25, 0.3) is 0 Å². The van der Waals surface area contributed by atoms with Gasteiger partial charge in [-0.05, 0) is 56.2 Å². The second kappa shape index (κ2) is 9.22. The van der Waals surface area contributed by atoms with Crippen molar-refractivity contribution < 1.29 is 22.0 Å². The van der Waals surface area contributed by atoms with Crippen molar-refractivity contribution in [1.29, 1.82) is 0 Å². The van der Waals surface area contributed by atoms with Gasteiger partial charge in [-0.15, -0.1) is 10.2 Å². The summed E-state index contributed by atoms with van der Waals surface area (Å²) in [6.45, 7) is 2.92. The van der Waals surface area contributed by atoms with Gasteiger partial charge in [0.1, 0.15) is 0 Å². The molecule has 1 aliphatic rings. The molecule has 0 unspecified atom stereocenters. The molecule has 1 N–H and O–H groups in total. The lowest BCUT2D eigenvalue weighted by molar-refractivity contribution is -0.120. The van der Waals surface area contributed by atoms with Gasteiger partial charge in [-0.25, -0.2) is 17.2 Å². The number of hydrogen-bond acceptors (Lipinski definition) is 6. The highest BCUT2D eigenvalue weighted by Gasteiger charge is 2.27. The van der Waals surface area contributed by atoms with Crippen molar-refractivity contribution in [2.75, 3.05) is 23.3 Å². The Hall–Kier alpha value is -3.40. The first kappa shape index (κ1) is 22.8. The summed E-state index contributed by atoms with van der Waals surface area (Å²) in [5.41, 5.74) is 1.16.